The molecular formula is C39H23N3O2. The number of para-hydroxylation sites is 2. The smallest absolute Gasteiger partial charge is 0.164 e. The molecule has 0 aliphatic carbocycles. The molecule has 0 N–H and O–H groups in total. The van der Waals surface area contributed by atoms with Crippen molar-refractivity contribution >= 4 is 43.9 Å². The fraction of sp³-hybridized carbons (Fsp3) is 0. The van der Waals surface area contributed by atoms with Crippen LogP contribution in [0, 0.1) is 0 Å². The first-order valence-electron chi connectivity index (χ1n) is 17.1. The molecule has 6 aromatic carbocycles. The Kier molecular flexibility index (Phi) is 4.25. The zero-order chi connectivity index (χ0) is 34.3. The van der Waals surface area contributed by atoms with Crippen molar-refractivity contribution in [2.75, 3.05) is 0 Å². The van der Waals surface area contributed by atoms with E-state index in [-0.39, 0.29) is 75.1 Å². The van der Waals surface area contributed by atoms with E-state index in [0.717, 1.165) is 5.39 Å². The number of furan rings is 2. The van der Waals surface area contributed by atoms with E-state index >= 15 is 0 Å². The maximum Gasteiger partial charge on any atom is 0.164 e. The van der Waals surface area contributed by atoms with Gasteiger partial charge in [0.15, 0.2) is 17.5 Å². The second-order valence-electron chi connectivity index (χ2n) is 10.3. The molecule has 9 rings (SSSR count). The molecule has 0 bridgehead atoms. The highest BCUT2D eigenvalue weighted by Crippen LogP contribution is 2.42. The van der Waals surface area contributed by atoms with Gasteiger partial charge in [-0.05, 0) is 29.8 Å². The molecule has 44 heavy (non-hydrogen) atoms. The average Bonchev–Trinajstić information content (AvgIpc) is 3.74. The third kappa shape index (κ3) is 3.91. The lowest BCUT2D eigenvalue weighted by Gasteiger charge is -2.08. The van der Waals surface area contributed by atoms with Gasteiger partial charge in [0.25, 0.3) is 0 Å². The number of fused-ring (bicyclic) bond motifs is 6. The maximum absolute atomic E-state index is 9.40. The number of benzene rings is 6. The fourth-order valence-electron chi connectivity index (χ4n) is 5.62. The van der Waals surface area contributed by atoms with E-state index in [4.69, 9.17) is 27.9 Å². The number of hydrogen-bond acceptors (Lipinski definition) is 5. The molecule has 0 atom stereocenters. The molecule has 5 nitrogen and oxygen atoms in total. The SMILES string of the molecule is [2H]c1c([2H])c([2H])c2c(oc3c([2H])c(-c4nc(-c5ccccc5)nc(-c5ccccc5)n4)c([2H])c([2H])c32)c1-c1cccc2oc3ccccc3c12. The second kappa shape index (κ2) is 9.75. The van der Waals surface area contributed by atoms with Gasteiger partial charge in [0.2, 0.25) is 0 Å². The topological polar surface area (TPSA) is 65.0 Å². The average molecular weight is 572 g/mol. The summed E-state index contributed by atoms with van der Waals surface area (Å²) in [7, 11) is 0. The highest BCUT2D eigenvalue weighted by molar-refractivity contribution is 6.17. The highest BCUT2D eigenvalue weighted by Gasteiger charge is 2.19. The van der Waals surface area contributed by atoms with Gasteiger partial charge >= 0.3 is 0 Å². The van der Waals surface area contributed by atoms with E-state index in [1.165, 1.54) is 0 Å². The lowest BCUT2D eigenvalue weighted by molar-refractivity contribution is 0.668. The highest BCUT2D eigenvalue weighted by atomic mass is 16.3. The number of nitrogens with zero attached hydrogens (tertiary/aromatic N) is 3. The molecule has 0 aliphatic rings. The molecule has 0 aliphatic heterocycles. The Morgan fingerprint density at radius 3 is 1.86 bits per heavy atom. The number of aromatic nitrogens is 3. The first-order chi connectivity index (χ1) is 24.3. The van der Waals surface area contributed by atoms with E-state index in [1.54, 1.807) is 12.1 Å². The summed E-state index contributed by atoms with van der Waals surface area (Å²) in [6.07, 6.45) is 0. The van der Waals surface area contributed by atoms with Crippen LogP contribution in [0.15, 0.2) is 148 Å². The van der Waals surface area contributed by atoms with Crippen LogP contribution in [-0.2, 0) is 0 Å². The van der Waals surface area contributed by atoms with Crippen LogP contribution in [-0.4, -0.2) is 15.0 Å². The van der Waals surface area contributed by atoms with Crippen molar-refractivity contribution < 1.29 is 17.1 Å². The molecule has 0 spiro atoms. The van der Waals surface area contributed by atoms with Crippen molar-refractivity contribution in [3.8, 4) is 45.3 Å². The van der Waals surface area contributed by atoms with Gasteiger partial charge in [0.1, 0.15) is 22.3 Å². The van der Waals surface area contributed by atoms with E-state index in [2.05, 4.69) is 0 Å². The monoisotopic (exact) mass is 571 g/mol. The van der Waals surface area contributed by atoms with E-state index in [9.17, 15) is 4.11 Å². The van der Waals surface area contributed by atoms with Crippen molar-refractivity contribution in [2.45, 2.75) is 0 Å². The Hall–Kier alpha value is -6.07. The van der Waals surface area contributed by atoms with Gasteiger partial charge in [-0.1, -0.05) is 115 Å². The first kappa shape index (κ1) is 19.2. The molecule has 0 fully saturated rings. The summed E-state index contributed by atoms with van der Waals surface area (Å²) in [5, 5.41) is 1.65. The molecular weight excluding hydrogens is 542 g/mol. The van der Waals surface area contributed by atoms with Gasteiger partial charge in [0, 0.05) is 43.8 Å². The number of hydrogen-bond donors (Lipinski definition) is 0. The van der Waals surface area contributed by atoms with E-state index in [1.807, 2.05) is 91.0 Å². The van der Waals surface area contributed by atoms with Gasteiger partial charge in [0.05, 0.1) is 8.22 Å². The minimum atomic E-state index is -0.362. The molecule has 3 aromatic heterocycles. The summed E-state index contributed by atoms with van der Waals surface area (Å²) in [5.41, 5.74) is 3.40. The van der Waals surface area contributed by atoms with Crippen LogP contribution in [0.4, 0.5) is 0 Å². The lowest BCUT2D eigenvalue weighted by atomic mass is 9.97. The van der Waals surface area contributed by atoms with E-state index in [0.29, 0.717) is 44.9 Å². The van der Waals surface area contributed by atoms with Crippen molar-refractivity contribution in [3.63, 3.8) is 0 Å². The quantitative estimate of drug-likeness (QED) is 0.210. The summed E-state index contributed by atoms with van der Waals surface area (Å²) in [5.74, 6) is 0.684. The van der Waals surface area contributed by atoms with Crippen LogP contribution in [0.25, 0.3) is 89.2 Å². The zero-order valence-electron chi connectivity index (χ0n) is 29.0. The minimum absolute atomic E-state index is 0.0203. The Bertz CT molecular complexity index is 2780. The zero-order valence-corrected chi connectivity index (χ0v) is 23.0. The predicted molar refractivity (Wildman–Crippen MR) is 176 cm³/mol. The Balaban J connectivity index is 1.37. The molecule has 0 amide bonds. The first-order valence-corrected chi connectivity index (χ1v) is 14.1. The predicted octanol–water partition coefficient (Wildman–Crippen LogP) is 10.3. The number of rotatable bonds is 4. The van der Waals surface area contributed by atoms with Gasteiger partial charge in [-0.25, -0.2) is 15.0 Å². The summed E-state index contributed by atoms with van der Waals surface area (Å²) in [6.45, 7) is 0. The third-order valence-corrected chi connectivity index (χ3v) is 7.66. The van der Waals surface area contributed by atoms with Crippen LogP contribution < -0.4 is 0 Å². The molecule has 206 valence electrons. The van der Waals surface area contributed by atoms with Crippen LogP contribution in [0.5, 0.6) is 0 Å². The van der Waals surface area contributed by atoms with Gasteiger partial charge in [-0.2, -0.15) is 0 Å². The van der Waals surface area contributed by atoms with Crippen molar-refractivity contribution in [1.29, 1.82) is 0 Å². The lowest BCUT2D eigenvalue weighted by Crippen LogP contribution is -2.00. The molecule has 5 heteroatoms. The van der Waals surface area contributed by atoms with Crippen molar-refractivity contribution in [2.24, 2.45) is 0 Å². The summed E-state index contributed by atoms with van der Waals surface area (Å²) >= 11 is 0. The minimum Gasteiger partial charge on any atom is -0.456 e. The largest absolute Gasteiger partial charge is 0.456 e. The molecule has 3 heterocycles. The van der Waals surface area contributed by atoms with Gasteiger partial charge < -0.3 is 8.83 Å². The van der Waals surface area contributed by atoms with E-state index < -0.39 is 0 Å². The second-order valence-corrected chi connectivity index (χ2v) is 10.3. The maximum atomic E-state index is 9.40. The fourth-order valence-corrected chi connectivity index (χ4v) is 5.62. The molecule has 0 radical (unpaired) electrons. The Labute approximate surface area is 260 Å². The molecule has 0 unspecified atom stereocenters. The van der Waals surface area contributed by atoms with Crippen LogP contribution in [0.3, 0.4) is 0 Å². The molecule has 9 aromatic rings. The van der Waals surface area contributed by atoms with Gasteiger partial charge in [-0.15, -0.1) is 0 Å². The summed E-state index contributed by atoms with van der Waals surface area (Å²) in [4.78, 5) is 14.1. The van der Waals surface area contributed by atoms with Crippen LogP contribution in [0.2, 0.25) is 0 Å². The summed E-state index contributed by atoms with van der Waals surface area (Å²) in [6, 6.07) is 29.7. The van der Waals surface area contributed by atoms with Gasteiger partial charge in [-0.3, -0.25) is 0 Å². The standard InChI is InChI=1S/C39H23N3O2/c1-3-11-24(12-4-1)37-40-38(25-13-5-2-6-14-25)42-39(41-37)26-21-22-27-29-17-9-18-30(36(29)44-34(27)23-26)28-16-10-20-33-35(28)31-15-7-8-19-32(31)43-33/h1-23H/i9D,17D,18D,21D,22D,23D. The third-order valence-electron chi connectivity index (χ3n) is 7.66. The normalized spacial score (nSPS) is 13.5. The Morgan fingerprint density at radius 1 is 0.455 bits per heavy atom. The van der Waals surface area contributed by atoms with Crippen molar-refractivity contribution in [3.05, 3.63) is 139 Å². The molecule has 0 saturated heterocycles. The Morgan fingerprint density at radius 2 is 1.11 bits per heavy atom. The van der Waals surface area contributed by atoms with Crippen molar-refractivity contribution in [1.82, 2.24) is 15.0 Å². The molecule has 0 saturated carbocycles. The summed E-state index contributed by atoms with van der Waals surface area (Å²) < 4.78 is 67.1. The van der Waals surface area contributed by atoms with Crippen LogP contribution >= 0.6 is 0 Å². The van der Waals surface area contributed by atoms with Crippen LogP contribution in [0.1, 0.15) is 8.22 Å².